The Balaban J connectivity index is 2.55. The predicted octanol–water partition coefficient (Wildman–Crippen LogP) is 3.57. The fraction of sp³-hybridized carbons (Fsp3) is 0.455. The number of hydrogen-bond donors (Lipinski definition) is 1. The van der Waals surface area contributed by atoms with Gasteiger partial charge in [-0.05, 0) is 30.5 Å². The molecule has 1 aromatic rings. The smallest absolute Gasteiger partial charge is 0.0462 e. The van der Waals surface area contributed by atoms with E-state index in [1.807, 2.05) is 6.07 Å². The largest absolute Gasteiger partial charge is 0.384 e. The molecule has 1 N–H and O–H groups in total. The second-order valence-corrected chi connectivity index (χ2v) is 4.05. The maximum atomic E-state index is 6.18. The molecule has 0 saturated carbocycles. The Morgan fingerprint density at radius 2 is 2.31 bits per heavy atom. The van der Waals surface area contributed by atoms with Crippen molar-refractivity contribution in [2.75, 3.05) is 11.9 Å². The molecule has 1 aliphatic heterocycles. The van der Waals surface area contributed by atoms with Crippen molar-refractivity contribution in [1.82, 2.24) is 0 Å². The van der Waals surface area contributed by atoms with Gasteiger partial charge in [0, 0.05) is 23.2 Å². The topological polar surface area (TPSA) is 12.0 Å². The molecule has 0 fully saturated rings. The molecule has 1 heterocycles. The molecule has 2 rings (SSSR count). The van der Waals surface area contributed by atoms with Gasteiger partial charge in [-0.3, -0.25) is 0 Å². The first-order valence-corrected chi connectivity index (χ1v) is 5.14. The first kappa shape index (κ1) is 8.89. The number of rotatable bonds is 1. The number of anilines is 1. The van der Waals surface area contributed by atoms with E-state index in [0.717, 1.165) is 18.0 Å². The predicted molar refractivity (Wildman–Crippen MR) is 57.7 cm³/mol. The quantitative estimate of drug-likeness (QED) is 0.723. The van der Waals surface area contributed by atoms with E-state index in [9.17, 15) is 0 Å². The Bertz CT molecular complexity index is 333. The molecular formula is C11H14ClN. The lowest BCUT2D eigenvalue weighted by molar-refractivity contribution is 0.727. The molecule has 1 nitrogen and oxygen atoms in total. The van der Waals surface area contributed by atoms with Crippen LogP contribution in [-0.2, 0) is 0 Å². The van der Waals surface area contributed by atoms with E-state index in [2.05, 4.69) is 25.2 Å². The number of fused-ring (bicyclic) bond motifs is 1. The molecule has 0 spiro atoms. The van der Waals surface area contributed by atoms with Gasteiger partial charge in [-0.2, -0.15) is 0 Å². The Morgan fingerprint density at radius 3 is 3.00 bits per heavy atom. The maximum Gasteiger partial charge on any atom is 0.0462 e. The van der Waals surface area contributed by atoms with Crippen LogP contribution in [0.5, 0.6) is 0 Å². The third-order valence-corrected chi connectivity index (χ3v) is 3.16. The lowest BCUT2D eigenvalue weighted by Crippen LogP contribution is -1.99. The summed E-state index contributed by atoms with van der Waals surface area (Å²) < 4.78 is 0. The molecule has 0 amide bonds. The number of nitrogens with one attached hydrogen (secondary N) is 1. The average Bonchev–Trinajstić information content (AvgIpc) is 2.56. The van der Waals surface area contributed by atoms with E-state index < -0.39 is 0 Å². The molecule has 1 atom stereocenters. The van der Waals surface area contributed by atoms with E-state index in [0.29, 0.717) is 5.92 Å². The molecule has 1 unspecified atom stereocenters. The van der Waals surface area contributed by atoms with Crippen LogP contribution < -0.4 is 5.32 Å². The molecule has 0 aromatic heterocycles. The van der Waals surface area contributed by atoms with Gasteiger partial charge in [0.25, 0.3) is 0 Å². The Kier molecular flexibility index (Phi) is 2.20. The molecule has 70 valence electrons. The zero-order valence-electron chi connectivity index (χ0n) is 8.02. The molecule has 0 bridgehead atoms. The van der Waals surface area contributed by atoms with Crippen LogP contribution in [-0.4, -0.2) is 6.54 Å². The lowest BCUT2D eigenvalue weighted by Gasteiger charge is -2.09. The summed E-state index contributed by atoms with van der Waals surface area (Å²) in [6, 6.07) is 4.08. The van der Waals surface area contributed by atoms with Crippen LogP contribution >= 0.6 is 11.6 Å². The molecular weight excluding hydrogens is 182 g/mol. The van der Waals surface area contributed by atoms with E-state index >= 15 is 0 Å². The second kappa shape index (κ2) is 3.22. The Morgan fingerprint density at radius 1 is 1.54 bits per heavy atom. The molecule has 0 radical (unpaired) electrons. The number of benzene rings is 1. The van der Waals surface area contributed by atoms with Crippen LogP contribution in [0.2, 0.25) is 5.02 Å². The average molecular weight is 196 g/mol. The van der Waals surface area contributed by atoms with Crippen molar-refractivity contribution in [3.8, 4) is 0 Å². The van der Waals surface area contributed by atoms with Crippen molar-refractivity contribution in [1.29, 1.82) is 0 Å². The third-order valence-electron chi connectivity index (χ3n) is 2.83. The summed E-state index contributed by atoms with van der Waals surface area (Å²) in [6.07, 6.45) is 1.16. The molecule has 0 saturated heterocycles. The number of hydrogen-bond acceptors (Lipinski definition) is 1. The van der Waals surface area contributed by atoms with Crippen molar-refractivity contribution in [3.05, 3.63) is 28.3 Å². The van der Waals surface area contributed by atoms with Gasteiger partial charge in [-0.25, -0.2) is 0 Å². The molecule has 2 heteroatoms. The fourth-order valence-electron chi connectivity index (χ4n) is 2.01. The summed E-state index contributed by atoms with van der Waals surface area (Å²) in [7, 11) is 0. The highest BCUT2D eigenvalue weighted by atomic mass is 35.5. The van der Waals surface area contributed by atoms with E-state index in [4.69, 9.17) is 11.6 Å². The Labute approximate surface area is 84.1 Å². The minimum atomic E-state index is 0.599. The van der Waals surface area contributed by atoms with E-state index in [1.54, 1.807) is 0 Å². The van der Waals surface area contributed by atoms with Gasteiger partial charge >= 0.3 is 0 Å². The normalized spacial score (nSPS) is 19.8. The maximum absolute atomic E-state index is 6.18. The van der Waals surface area contributed by atoms with Crippen LogP contribution in [0, 0.1) is 6.92 Å². The summed E-state index contributed by atoms with van der Waals surface area (Å²) in [5.41, 5.74) is 3.89. The second-order valence-electron chi connectivity index (χ2n) is 3.64. The van der Waals surface area contributed by atoms with Crippen molar-refractivity contribution < 1.29 is 0 Å². The zero-order valence-corrected chi connectivity index (χ0v) is 8.78. The molecule has 13 heavy (non-hydrogen) atoms. The van der Waals surface area contributed by atoms with Gasteiger partial charge in [-0.1, -0.05) is 24.6 Å². The van der Waals surface area contributed by atoms with E-state index in [-0.39, 0.29) is 0 Å². The first-order valence-electron chi connectivity index (χ1n) is 4.77. The molecule has 1 aromatic carbocycles. The highest BCUT2D eigenvalue weighted by Crippen LogP contribution is 2.40. The summed E-state index contributed by atoms with van der Waals surface area (Å²) in [6.45, 7) is 5.37. The van der Waals surface area contributed by atoms with Crippen LogP contribution in [0.15, 0.2) is 12.1 Å². The Hall–Kier alpha value is -0.690. The molecule has 0 aliphatic carbocycles. The highest BCUT2D eigenvalue weighted by molar-refractivity contribution is 6.32. The number of aryl methyl sites for hydroxylation is 1. The van der Waals surface area contributed by atoms with Gasteiger partial charge in [0.2, 0.25) is 0 Å². The van der Waals surface area contributed by atoms with Crippen molar-refractivity contribution in [2.24, 2.45) is 0 Å². The summed E-state index contributed by atoms with van der Waals surface area (Å²) in [5, 5.41) is 4.34. The van der Waals surface area contributed by atoms with E-state index in [1.165, 1.54) is 16.8 Å². The standard InChI is InChI=1S/C11H14ClN/c1-3-8-6-13-11-7(2)4-5-9(12)10(8)11/h4-5,8,13H,3,6H2,1-2H3. The van der Waals surface area contributed by atoms with Crippen molar-refractivity contribution >= 4 is 17.3 Å². The van der Waals surface area contributed by atoms with Gasteiger partial charge in [0.15, 0.2) is 0 Å². The SMILES string of the molecule is CCC1CNc2c(C)ccc(Cl)c21. The van der Waals surface area contributed by atoms with Gasteiger partial charge < -0.3 is 5.32 Å². The zero-order chi connectivity index (χ0) is 9.42. The third kappa shape index (κ3) is 1.31. The van der Waals surface area contributed by atoms with Crippen LogP contribution in [0.4, 0.5) is 5.69 Å². The van der Waals surface area contributed by atoms with Crippen LogP contribution in [0.1, 0.15) is 30.4 Å². The fourth-order valence-corrected chi connectivity index (χ4v) is 2.32. The first-order chi connectivity index (χ1) is 6.24. The monoisotopic (exact) mass is 195 g/mol. The van der Waals surface area contributed by atoms with Gasteiger partial charge in [0.1, 0.15) is 0 Å². The van der Waals surface area contributed by atoms with Crippen LogP contribution in [0.25, 0.3) is 0 Å². The summed E-state index contributed by atoms with van der Waals surface area (Å²) in [4.78, 5) is 0. The van der Waals surface area contributed by atoms with Crippen molar-refractivity contribution in [3.63, 3.8) is 0 Å². The van der Waals surface area contributed by atoms with Gasteiger partial charge in [0.05, 0.1) is 0 Å². The summed E-state index contributed by atoms with van der Waals surface area (Å²) in [5.74, 6) is 0.599. The van der Waals surface area contributed by atoms with Crippen LogP contribution in [0.3, 0.4) is 0 Å². The number of halogens is 1. The molecule has 1 aliphatic rings. The van der Waals surface area contributed by atoms with Crippen molar-refractivity contribution in [2.45, 2.75) is 26.2 Å². The highest BCUT2D eigenvalue weighted by Gasteiger charge is 2.24. The van der Waals surface area contributed by atoms with Gasteiger partial charge in [-0.15, -0.1) is 0 Å². The lowest BCUT2D eigenvalue weighted by atomic mass is 9.97. The minimum Gasteiger partial charge on any atom is -0.384 e. The summed E-state index contributed by atoms with van der Waals surface area (Å²) >= 11 is 6.18. The minimum absolute atomic E-state index is 0.599.